The quantitative estimate of drug-likeness (QED) is 0.147. The molecule has 8 nitrogen and oxygen atoms in total. The molecule has 0 atom stereocenters. The minimum absolute atomic E-state index is 0.497. The average Bonchev–Trinajstić information content (AvgIpc) is 3.98. The number of benzene rings is 9. The zero-order chi connectivity index (χ0) is 46.1. The van der Waals surface area contributed by atoms with Gasteiger partial charge in [-0.2, -0.15) is 0 Å². The topological polar surface area (TPSA) is 95.4 Å². The van der Waals surface area contributed by atoms with Crippen LogP contribution in [-0.4, -0.2) is 34.5 Å². The van der Waals surface area contributed by atoms with Crippen LogP contribution in [0.2, 0.25) is 0 Å². The number of furan rings is 1. The highest BCUT2D eigenvalue weighted by Gasteiger charge is 2.21. The smallest absolute Gasteiger partial charge is 0.229 e. The van der Waals surface area contributed by atoms with Crippen molar-refractivity contribution in [2.45, 2.75) is 0 Å². The van der Waals surface area contributed by atoms with Gasteiger partial charge in [0, 0.05) is 56.0 Å². The fourth-order valence-electron chi connectivity index (χ4n) is 9.83. The summed E-state index contributed by atoms with van der Waals surface area (Å²) in [5.41, 5.74) is 12.2. The summed E-state index contributed by atoms with van der Waals surface area (Å²) < 4.78 is 8.89. The van der Waals surface area contributed by atoms with Crippen LogP contribution in [0.4, 0.5) is 0 Å². The van der Waals surface area contributed by atoms with Crippen molar-refractivity contribution >= 4 is 65.6 Å². The van der Waals surface area contributed by atoms with E-state index in [4.69, 9.17) is 34.3 Å². The van der Waals surface area contributed by atoms with Gasteiger partial charge in [0.1, 0.15) is 11.2 Å². The molecule has 0 unspecified atom stereocenters. The molecule has 0 fully saturated rings. The third kappa shape index (κ3) is 6.69. The van der Waals surface area contributed by atoms with E-state index < -0.39 is 0 Å². The molecule has 9 aromatic carbocycles. The van der Waals surface area contributed by atoms with Gasteiger partial charge in [-0.3, -0.25) is 0 Å². The summed E-state index contributed by atoms with van der Waals surface area (Å²) in [6.45, 7) is 0. The summed E-state index contributed by atoms with van der Waals surface area (Å²) in [5, 5.41) is 7.90. The Balaban J connectivity index is 0.858. The van der Waals surface area contributed by atoms with Crippen molar-refractivity contribution in [3.05, 3.63) is 225 Å². The summed E-state index contributed by atoms with van der Waals surface area (Å²) in [7, 11) is 0. The minimum atomic E-state index is 0.497. The Labute approximate surface area is 400 Å². The summed E-state index contributed by atoms with van der Waals surface area (Å²) in [6.07, 6.45) is 1.85. The van der Waals surface area contributed by atoms with Crippen LogP contribution in [0.5, 0.6) is 0 Å². The molecule has 0 bridgehead atoms. The van der Waals surface area contributed by atoms with Gasteiger partial charge < -0.3 is 8.98 Å². The van der Waals surface area contributed by atoms with E-state index in [1.807, 2.05) is 66.9 Å². The van der Waals surface area contributed by atoms with Gasteiger partial charge in [-0.1, -0.05) is 170 Å². The largest absolute Gasteiger partial charge is 0.434 e. The Bertz CT molecular complexity index is 4300. The normalized spacial score (nSPS) is 11.7. The van der Waals surface area contributed by atoms with Gasteiger partial charge in [0.2, 0.25) is 5.71 Å². The molecule has 0 aliphatic carbocycles. The Morgan fingerprint density at radius 3 is 1.54 bits per heavy atom. The lowest BCUT2D eigenvalue weighted by Crippen LogP contribution is -2.01. The summed E-state index contributed by atoms with van der Waals surface area (Å²) >= 11 is 0. The van der Waals surface area contributed by atoms with E-state index in [0.29, 0.717) is 45.8 Å². The number of nitrogens with zero attached hydrogens (tertiary/aromatic N) is 7. The van der Waals surface area contributed by atoms with Crippen LogP contribution in [0.3, 0.4) is 0 Å². The first-order valence-corrected chi connectivity index (χ1v) is 23.3. The molecule has 70 heavy (non-hydrogen) atoms. The van der Waals surface area contributed by atoms with Crippen molar-refractivity contribution in [3.8, 4) is 73.6 Å². The maximum Gasteiger partial charge on any atom is 0.229 e. The van der Waals surface area contributed by atoms with Crippen LogP contribution in [0.15, 0.2) is 229 Å². The fraction of sp³-hybridized carbons (Fsp3) is 0. The van der Waals surface area contributed by atoms with Crippen molar-refractivity contribution in [1.29, 1.82) is 0 Å². The van der Waals surface area contributed by atoms with Crippen molar-refractivity contribution in [2.75, 3.05) is 0 Å². The minimum Gasteiger partial charge on any atom is -0.434 e. The molecule has 0 N–H and O–H groups in total. The van der Waals surface area contributed by atoms with Crippen LogP contribution >= 0.6 is 0 Å². The standard InChI is InChI=1S/C62H37N7O/c1-3-14-39(15-4-1)58-64-55(45-31-30-44-32-42-18-7-8-19-43(42)33-47(44)34-45)57-56(65-58)52-36-48(37-63-62(52)70-57)38-26-28-41(29-27-38)60-66-59(40-16-5-2-6-17-40)67-61(68-60)46-20-13-21-49(35-46)69-53-24-11-9-22-50(53)51-23-10-12-25-54(51)69/h1-37H. The molecule has 8 heteroatoms. The summed E-state index contributed by atoms with van der Waals surface area (Å²) in [4.78, 5) is 30.5. The Kier molecular flexibility index (Phi) is 9.03. The molecule has 326 valence electrons. The van der Waals surface area contributed by atoms with Crippen LogP contribution in [0.25, 0.3) is 139 Å². The second kappa shape index (κ2) is 16.0. The third-order valence-corrected chi connectivity index (χ3v) is 13.3. The zero-order valence-corrected chi connectivity index (χ0v) is 37.4. The van der Waals surface area contributed by atoms with Crippen molar-refractivity contribution < 1.29 is 4.42 Å². The number of hydrogen-bond donors (Lipinski definition) is 0. The van der Waals surface area contributed by atoms with E-state index in [1.165, 1.54) is 21.5 Å². The number of fused-ring (bicyclic) bond motifs is 8. The molecule has 0 aliphatic rings. The first-order chi connectivity index (χ1) is 34.6. The maximum atomic E-state index is 6.58. The van der Waals surface area contributed by atoms with Crippen molar-refractivity contribution in [1.82, 2.24) is 34.5 Å². The van der Waals surface area contributed by atoms with Crippen LogP contribution in [0.1, 0.15) is 0 Å². The first-order valence-electron chi connectivity index (χ1n) is 23.3. The number of aromatic nitrogens is 7. The summed E-state index contributed by atoms with van der Waals surface area (Å²) in [6, 6.07) is 75.4. The lowest BCUT2D eigenvalue weighted by molar-refractivity contribution is 0.653. The van der Waals surface area contributed by atoms with Crippen LogP contribution in [-0.2, 0) is 0 Å². The highest BCUT2D eigenvalue weighted by Crippen LogP contribution is 2.39. The molecule has 0 spiro atoms. The molecule has 0 amide bonds. The summed E-state index contributed by atoms with van der Waals surface area (Å²) in [5.74, 6) is 2.38. The zero-order valence-electron chi connectivity index (χ0n) is 37.4. The Morgan fingerprint density at radius 1 is 0.329 bits per heavy atom. The number of pyridine rings is 1. The molecule has 0 radical (unpaired) electrons. The van der Waals surface area contributed by atoms with Gasteiger partial charge in [0.05, 0.1) is 16.4 Å². The van der Waals surface area contributed by atoms with E-state index in [1.54, 1.807) is 0 Å². The second-order valence-corrected chi connectivity index (χ2v) is 17.5. The maximum absolute atomic E-state index is 6.58. The molecule has 0 aliphatic heterocycles. The molecule has 5 aromatic heterocycles. The van der Waals surface area contributed by atoms with E-state index in [9.17, 15) is 0 Å². The lowest BCUT2D eigenvalue weighted by atomic mass is 10.00. The van der Waals surface area contributed by atoms with Gasteiger partial charge >= 0.3 is 0 Å². The third-order valence-electron chi connectivity index (χ3n) is 13.3. The Morgan fingerprint density at radius 2 is 0.857 bits per heavy atom. The molecule has 5 heterocycles. The molecule has 0 saturated heterocycles. The van der Waals surface area contributed by atoms with Gasteiger partial charge in [0.15, 0.2) is 28.9 Å². The predicted molar refractivity (Wildman–Crippen MR) is 282 cm³/mol. The molecular formula is C62H37N7O. The number of para-hydroxylation sites is 2. The van der Waals surface area contributed by atoms with Crippen LogP contribution in [0, 0.1) is 0 Å². The molecule has 0 saturated carbocycles. The number of rotatable bonds is 7. The van der Waals surface area contributed by atoms with Gasteiger partial charge in [-0.25, -0.2) is 29.9 Å². The number of hydrogen-bond acceptors (Lipinski definition) is 7. The van der Waals surface area contributed by atoms with Crippen LogP contribution < -0.4 is 0 Å². The molecule has 14 aromatic rings. The van der Waals surface area contributed by atoms with E-state index in [-0.39, 0.29) is 0 Å². The second-order valence-electron chi connectivity index (χ2n) is 17.5. The van der Waals surface area contributed by atoms with E-state index >= 15 is 0 Å². The Hall–Kier alpha value is -9.66. The lowest BCUT2D eigenvalue weighted by Gasteiger charge is -2.12. The van der Waals surface area contributed by atoms with Crippen molar-refractivity contribution in [3.63, 3.8) is 0 Å². The predicted octanol–water partition coefficient (Wildman–Crippen LogP) is 15.4. The van der Waals surface area contributed by atoms with Gasteiger partial charge in [0.25, 0.3) is 0 Å². The highest BCUT2D eigenvalue weighted by molar-refractivity contribution is 6.10. The van der Waals surface area contributed by atoms with E-state index in [2.05, 4.69) is 162 Å². The monoisotopic (exact) mass is 895 g/mol. The van der Waals surface area contributed by atoms with Gasteiger partial charge in [-0.05, 0) is 75.6 Å². The fourth-order valence-corrected chi connectivity index (χ4v) is 9.83. The first kappa shape index (κ1) is 39.5. The average molecular weight is 896 g/mol. The molecular weight excluding hydrogens is 859 g/mol. The SMILES string of the molecule is c1ccc(-c2nc(-c3ccc(-c4cnc5oc6c(-c7ccc8cc9ccccc9cc8c7)nc(-c7ccccc7)nc6c5c4)cc3)nc(-c3cccc(-n4c5ccccc5c5ccccc54)c3)n2)cc1. The highest BCUT2D eigenvalue weighted by atomic mass is 16.3. The van der Waals surface area contributed by atoms with Gasteiger partial charge in [-0.15, -0.1) is 0 Å². The molecule has 14 rings (SSSR count). The van der Waals surface area contributed by atoms with E-state index in [0.717, 1.165) is 71.8 Å². The van der Waals surface area contributed by atoms with Crippen molar-refractivity contribution in [2.24, 2.45) is 0 Å².